The van der Waals surface area contributed by atoms with Gasteiger partial charge in [0.05, 0.1) is 18.2 Å². The number of carbonyl (C=O) groups is 1. The lowest BCUT2D eigenvalue weighted by Crippen LogP contribution is -2.54. The second-order valence-electron chi connectivity index (χ2n) is 6.20. The smallest absolute Gasteiger partial charge is 0.316 e. The molecular weight excluding hydrogens is 306 g/mol. The van der Waals surface area contributed by atoms with E-state index in [-0.39, 0.29) is 11.9 Å². The largest absolute Gasteiger partial charge is 0.467 e. The summed E-state index contributed by atoms with van der Waals surface area (Å²) in [6, 6.07) is 4.84. The first-order chi connectivity index (χ1) is 11.5. The van der Waals surface area contributed by atoms with Gasteiger partial charge in [-0.25, -0.2) is 4.98 Å². The van der Waals surface area contributed by atoms with E-state index in [1.165, 1.54) is 7.11 Å². The molecule has 0 saturated carbocycles. The molecule has 2 aromatic rings. The van der Waals surface area contributed by atoms with Crippen LogP contribution >= 0.6 is 0 Å². The first kappa shape index (κ1) is 16.4. The van der Waals surface area contributed by atoms with E-state index in [4.69, 9.17) is 4.74 Å². The van der Waals surface area contributed by atoms with Gasteiger partial charge in [-0.1, -0.05) is 0 Å². The lowest BCUT2D eigenvalue weighted by atomic mass is 10.0. The standard InChI is InChI=1S/C17H23N5O2/c1-10-8-22(9-11(2)20-10)14-6-5-12(16(23)18-3)15-13(14)7-19-17(21-15)24-4/h5-7,10-11,20H,8-9H2,1-4H3,(H,18,23). The summed E-state index contributed by atoms with van der Waals surface area (Å²) in [6.07, 6.45) is 1.74. The van der Waals surface area contributed by atoms with E-state index in [1.54, 1.807) is 13.2 Å². The Bertz CT molecular complexity index is 754. The molecule has 0 spiro atoms. The van der Waals surface area contributed by atoms with E-state index in [0.29, 0.717) is 23.2 Å². The summed E-state index contributed by atoms with van der Waals surface area (Å²) >= 11 is 0. The van der Waals surface area contributed by atoms with Crippen LogP contribution in [0.4, 0.5) is 5.69 Å². The summed E-state index contributed by atoms with van der Waals surface area (Å²) in [5.74, 6) is -0.172. The Kier molecular flexibility index (Phi) is 4.53. The maximum absolute atomic E-state index is 12.2. The summed E-state index contributed by atoms with van der Waals surface area (Å²) < 4.78 is 5.13. The molecule has 1 amide bonds. The van der Waals surface area contributed by atoms with Gasteiger partial charge in [-0.3, -0.25) is 4.79 Å². The van der Waals surface area contributed by atoms with Crippen LogP contribution in [0.3, 0.4) is 0 Å². The molecule has 0 aliphatic carbocycles. The van der Waals surface area contributed by atoms with E-state index in [2.05, 4.69) is 39.3 Å². The second-order valence-corrected chi connectivity index (χ2v) is 6.20. The minimum absolute atomic E-state index is 0.172. The highest BCUT2D eigenvalue weighted by molar-refractivity contribution is 6.08. The summed E-state index contributed by atoms with van der Waals surface area (Å²) in [7, 11) is 3.13. The van der Waals surface area contributed by atoms with Gasteiger partial charge >= 0.3 is 6.01 Å². The Morgan fingerprint density at radius 3 is 2.67 bits per heavy atom. The van der Waals surface area contributed by atoms with Crippen LogP contribution in [-0.4, -0.2) is 55.2 Å². The Hall–Kier alpha value is -2.41. The highest BCUT2D eigenvalue weighted by Crippen LogP contribution is 2.30. The zero-order chi connectivity index (χ0) is 17.3. The third-order valence-electron chi connectivity index (χ3n) is 4.26. The minimum atomic E-state index is -0.172. The summed E-state index contributed by atoms with van der Waals surface area (Å²) in [5.41, 5.74) is 2.17. The Morgan fingerprint density at radius 1 is 1.33 bits per heavy atom. The van der Waals surface area contributed by atoms with Crippen LogP contribution in [-0.2, 0) is 0 Å². The molecule has 2 N–H and O–H groups in total. The number of aromatic nitrogens is 2. The summed E-state index contributed by atoms with van der Waals surface area (Å²) in [5, 5.41) is 7.05. The van der Waals surface area contributed by atoms with Crippen molar-refractivity contribution in [3.8, 4) is 6.01 Å². The first-order valence-electron chi connectivity index (χ1n) is 8.10. The van der Waals surface area contributed by atoms with Crippen molar-refractivity contribution in [3.05, 3.63) is 23.9 Å². The lowest BCUT2D eigenvalue weighted by molar-refractivity contribution is 0.0964. The van der Waals surface area contributed by atoms with Crippen molar-refractivity contribution >= 4 is 22.5 Å². The fourth-order valence-corrected chi connectivity index (χ4v) is 3.30. The Labute approximate surface area is 141 Å². The molecule has 1 aromatic carbocycles. The zero-order valence-electron chi connectivity index (χ0n) is 14.5. The maximum Gasteiger partial charge on any atom is 0.316 e. The number of nitrogens with zero attached hydrogens (tertiary/aromatic N) is 3. The number of fused-ring (bicyclic) bond motifs is 1. The fraction of sp³-hybridized carbons (Fsp3) is 0.471. The number of hydrogen-bond donors (Lipinski definition) is 2. The molecule has 128 valence electrons. The third-order valence-corrected chi connectivity index (χ3v) is 4.26. The van der Waals surface area contributed by atoms with Crippen LogP contribution in [0.1, 0.15) is 24.2 Å². The molecule has 1 fully saturated rings. The monoisotopic (exact) mass is 329 g/mol. The number of benzene rings is 1. The van der Waals surface area contributed by atoms with Gasteiger partial charge in [0.15, 0.2) is 0 Å². The van der Waals surface area contributed by atoms with Gasteiger partial charge in [0.1, 0.15) is 0 Å². The predicted molar refractivity (Wildman–Crippen MR) is 93.8 cm³/mol. The van der Waals surface area contributed by atoms with Gasteiger partial charge in [0, 0.05) is 49.5 Å². The molecular formula is C17H23N5O2. The van der Waals surface area contributed by atoms with Crippen LogP contribution < -0.4 is 20.3 Å². The average molecular weight is 329 g/mol. The number of methoxy groups -OCH3 is 1. The van der Waals surface area contributed by atoms with Gasteiger partial charge < -0.3 is 20.3 Å². The molecule has 0 radical (unpaired) electrons. The average Bonchev–Trinajstić information content (AvgIpc) is 2.58. The molecule has 2 unspecified atom stereocenters. The Balaban J connectivity index is 2.14. The number of ether oxygens (including phenoxy) is 1. The predicted octanol–water partition coefficient (Wildman–Crippen LogP) is 1.18. The third kappa shape index (κ3) is 2.99. The van der Waals surface area contributed by atoms with E-state index in [9.17, 15) is 4.79 Å². The van der Waals surface area contributed by atoms with Crippen molar-refractivity contribution in [2.75, 3.05) is 32.1 Å². The van der Waals surface area contributed by atoms with E-state index < -0.39 is 0 Å². The fourth-order valence-electron chi connectivity index (χ4n) is 3.30. The van der Waals surface area contributed by atoms with Gasteiger partial charge in [0.25, 0.3) is 5.91 Å². The molecule has 1 aromatic heterocycles. The van der Waals surface area contributed by atoms with Crippen LogP contribution in [0.25, 0.3) is 10.9 Å². The van der Waals surface area contributed by atoms with Crippen molar-refractivity contribution in [2.24, 2.45) is 0 Å². The number of carbonyl (C=O) groups excluding carboxylic acids is 1. The number of anilines is 1. The molecule has 7 nitrogen and oxygen atoms in total. The summed E-state index contributed by atoms with van der Waals surface area (Å²) in [6.45, 7) is 6.13. The van der Waals surface area contributed by atoms with E-state index in [1.807, 2.05) is 12.1 Å². The zero-order valence-corrected chi connectivity index (χ0v) is 14.5. The number of hydrogen-bond acceptors (Lipinski definition) is 6. The van der Waals surface area contributed by atoms with Crippen molar-refractivity contribution in [1.82, 2.24) is 20.6 Å². The number of piperazine rings is 1. The first-order valence-corrected chi connectivity index (χ1v) is 8.10. The molecule has 1 aliphatic heterocycles. The van der Waals surface area contributed by atoms with Crippen LogP contribution in [0, 0.1) is 0 Å². The number of rotatable bonds is 3. The summed E-state index contributed by atoms with van der Waals surface area (Å²) in [4.78, 5) is 23.2. The van der Waals surface area contributed by atoms with Crippen LogP contribution in [0.2, 0.25) is 0 Å². The van der Waals surface area contributed by atoms with Gasteiger partial charge in [-0.2, -0.15) is 4.98 Å². The van der Waals surface area contributed by atoms with Gasteiger partial charge in [0.2, 0.25) is 0 Å². The van der Waals surface area contributed by atoms with E-state index >= 15 is 0 Å². The molecule has 1 aliphatic rings. The highest BCUT2D eigenvalue weighted by Gasteiger charge is 2.24. The lowest BCUT2D eigenvalue weighted by Gasteiger charge is -2.38. The molecule has 1 saturated heterocycles. The molecule has 7 heteroatoms. The Morgan fingerprint density at radius 2 is 2.04 bits per heavy atom. The molecule has 24 heavy (non-hydrogen) atoms. The van der Waals surface area contributed by atoms with Crippen molar-refractivity contribution < 1.29 is 9.53 Å². The van der Waals surface area contributed by atoms with Crippen LogP contribution in [0.5, 0.6) is 6.01 Å². The minimum Gasteiger partial charge on any atom is -0.467 e. The molecule has 0 bridgehead atoms. The van der Waals surface area contributed by atoms with Crippen LogP contribution in [0.15, 0.2) is 18.3 Å². The molecule has 2 heterocycles. The van der Waals surface area contributed by atoms with Crippen molar-refractivity contribution in [1.29, 1.82) is 0 Å². The topological polar surface area (TPSA) is 79.4 Å². The highest BCUT2D eigenvalue weighted by atomic mass is 16.5. The van der Waals surface area contributed by atoms with Crippen molar-refractivity contribution in [3.63, 3.8) is 0 Å². The van der Waals surface area contributed by atoms with Gasteiger partial charge in [-0.05, 0) is 26.0 Å². The number of nitrogens with one attached hydrogen (secondary N) is 2. The second kappa shape index (κ2) is 6.60. The molecule has 3 rings (SSSR count). The van der Waals surface area contributed by atoms with E-state index in [0.717, 1.165) is 24.2 Å². The SMILES string of the molecule is CNC(=O)c1ccc(N2CC(C)NC(C)C2)c2cnc(OC)nc12. The maximum atomic E-state index is 12.2. The quantitative estimate of drug-likeness (QED) is 0.880. The number of amides is 1. The van der Waals surface area contributed by atoms with Gasteiger partial charge in [-0.15, -0.1) is 0 Å². The van der Waals surface area contributed by atoms with Crippen molar-refractivity contribution in [2.45, 2.75) is 25.9 Å². The normalized spacial score (nSPS) is 20.9. The molecule has 2 atom stereocenters.